The SMILES string of the molecule is C=C(C)C(=O)OCCNC(=O)OCCN1c2ccccc2C(C)(C)C12C=Cc1cc(C(=O)c3ccccc3)ccc1O2. The van der Waals surface area contributed by atoms with Crippen molar-refractivity contribution in [2.75, 3.05) is 31.2 Å². The molecule has 0 saturated heterocycles. The van der Waals surface area contributed by atoms with E-state index in [1.54, 1.807) is 25.1 Å². The van der Waals surface area contributed by atoms with E-state index in [9.17, 15) is 14.4 Å². The first-order chi connectivity index (χ1) is 20.1. The number of anilines is 1. The van der Waals surface area contributed by atoms with Crippen LogP contribution in [-0.4, -0.2) is 49.9 Å². The van der Waals surface area contributed by atoms with E-state index < -0.39 is 23.2 Å². The Morgan fingerprint density at radius 3 is 2.43 bits per heavy atom. The summed E-state index contributed by atoms with van der Waals surface area (Å²) in [5, 5.41) is 2.59. The molecule has 0 fully saturated rings. The van der Waals surface area contributed by atoms with Gasteiger partial charge in [-0.3, -0.25) is 4.79 Å². The third-order valence-electron chi connectivity index (χ3n) is 7.73. The standard InChI is InChI=1S/C34H34N2O6/c1-23(2)31(38)40-20-18-35-32(39)41-21-19-36-28-13-9-8-12-27(28)33(3,4)34(36)17-16-25-22-26(14-15-29(25)42-34)30(37)24-10-6-5-7-11-24/h5-17,22H,1,18-21H2,2-4H3,(H,35,39). The Morgan fingerprint density at radius 1 is 0.929 bits per heavy atom. The summed E-state index contributed by atoms with van der Waals surface area (Å²) in [6.45, 7) is 9.95. The molecule has 1 spiro atoms. The first kappa shape index (κ1) is 28.7. The zero-order chi connectivity index (χ0) is 29.9. The number of nitrogens with zero attached hydrogens (tertiary/aromatic N) is 1. The third kappa shape index (κ3) is 5.28. The fraction of sp³-hybridized carbons (Fsp3) is 0.265. The molecular weight excluding hydrogens is 532 g/mol. The lowest BCUT2D eigenvalue weighted by Crippen LogP contribution is -2.60. The Kier molecular flexibility index (Phi) is 7.89. The van der Waals surface area contributed by atoms with Gasteiger partial charge in [0.2, 0.25) is 5.72 Å². The van der Waals surface area contributed by atoms with Gasteiger partial charge >= 0.3 is 12.1 Å². The van der Waals surface area contributed by atoms with Crippen molar-refractivity contribution in [1.82, 2.24) is 5.32 Å². The van der Waals surface area contributed by atoms with Crippen LogP contribution in [0.3, 0.4) is 0 Å². The van der Waals surface area contributed by atoms with Crippen LogP contribution in [-0.2, 0) is 19.7 Å². The average Bonchev–Trinajstić information content (AvgIpc) is 3.17. The number of hydrogen-bond donors (Lipinski definition) is 1. The number of nitrogens with one attached hydrogen (secondary N) is 1. The molecule has 8 heteroatoms. The summed E-state index contributed by atoms with van der Waals surface area (Å²) in [6, 6.07) is 22.8. The van der Waals surface area contributed by atoms with Crippen LogP contribution in [0.1, 0.15) is 47.8 Å². The second-order valence-electron chi connectivity index (χ2n) is 10.9. The number of hydrogen-bond acceptors (Lipinski definition) is 7. The topological polar surface area (TPSA) is 94.2 Å². The van der Waals surface area contributed by atoms with Crippen LogP contribution < -0.4 is 15.0 Å². The maximum Gasteiger partial charge on any atom is 0.407 e. The van der Waals surface area contributed by atoms with E-state index in [0.29, 0.717) is 29.0 Å². The Hall–Kier alpha value is -4.85. The van der Waals surface area contributed by atoms with E-state index in [1.165, 1.54) is 0 Å². The Balaban J connectivity index is 1.32. The molecule has 1 N–H and O–H groups in total. The van der Waals surface area contributed by atoms with Crippen molar-refractivity contribution in [3.05, 3.63) is 113 Å². The van der Waals surface area contributed by atoms with Gasteiger partial charge in [0.1, 0.15) is 19.0 Å². The summed E-state index contributed by atoms with van der Waals surface area (Å²) >= 11 is 0. The number of fused-ring (bicyclic) bond motifs is 2. The first-order valence-corrected chi connectivity index (χ1v) is 13.9. The van der Waals surface area contributed by atoms with Gasteiger partial charge in [0, 0.05) is 28.0 Å². The molecular formula is C34H34N2O6. The van der Waals surface area contributed by atoms with Crippen LogP contribution in [0.15, 0.2) is 91.0 Å². The maximum atomic E-state index is 13.1. The Bertz CT molecular complexity index is 1560. The minimum Gasteiger partial charge on any atom is -0.463 e. The summed E-state index contributed by atoms with van der Waals surface area (Å²) in [7, 11) is 0. The molecule has 1 unspecified atom stereocenters. The molecule has 5 rings (SSSR count). The van der Waals surface area contributed by atoms with E-state index in [1.807, 2.05) is 60.7 Å². The van der Waals surface area contributed by atoms with Crippen molar-refractivity contribution in [1.29, 1.82) is 0 Å². The highest BCUT2D eigenvalue weighted by Gasteiger charge is 2.58. The molecule has 1 amide bonds. The Labute approximate surface area is 245 Å². The molecule has 0 aromatic heterocycles. The van der Waals surface area contributed by atoms with Crippen molar-refractivity contribution in [2.24, 2.45) is 0 Å². The number of para-hydroxylation sites is 1. The summed E-state index contributed by atoms with van der Waals surface area (Å²) in [5.74, 6) is 0.106. The average molecular weight is 567 g/mol. The van der Waals surface area contributed by atoms with E-state index in [4.69, 9.17) is 14.2 Å². The van der Waals surface area contributed by atoms with Gasteiger partial charge in [-0.25, -0.2) is 9.59 Å². The molecule has 2 aliphatic rings. The normalized spacial score (nSPS) is 17.5. The molecule has 2 heterocycles. The number of ether oxygens (including phenoxy) is 3. The number of carbonyl (C=O) groups is 3. The minimum atomic E-state index is -0.898. The van der Waals surface area contributed by atoms with Gasteiger partial charge in [0.05, 0.1) is 18.5 Å². The smallest absolute Gasteiger partial charge is 0.407 e. The van der Waals surface area contributed by atoms with Gasteiger partial charge in [-0.1, -0.05) is 55.1 Å². The van der Waals surface area contributed by atoms with Crippen LogP contribution in [0.4, 0.5) is 10.5 Å². The van der Waals surface area contributed by atoms with Gasteiger partial charge in [-0.05, 0) is 62.8 Å². The van der Waals surface area contributed by atoms with Gasteiger partial charge in [0.15, 0.2) is 5.78 Å². The lowest BCUT2D eigenvalue weighted by atomic mass is 9.76. The van der Waals surface area contributed by atoms with E-state index in [-0.39, 0.29) is 25.5 Å². The van der Waals surface area contributed by atoms with Gasteiger partial charge in [-0.15, -0.1) is 0 Å². The van der Waals surface area contributed by atoms with Crippen molar-refractivity contribution in [2.45, 2.75) is 31.9 Å². The molecule has 1 atom stereocenters. The molecule has 0 radical (unpaired) electrons. The van der Waals surface area contributed by atoms with Gasteiger partial charge in [-0.2, -0.15) is 0 Å². The molecule has 2 aliphatic heterocycles. The van der Waals surface area contributed by atoms with E-state index in [2.05, 4.69) is 36.7 Å². The molecule has 0 bridgehead atoms. The number of amides is 1. The maximum absolute atomic E-state index is 13.1. The number of ketones is 1. The molecule has 0 saturated carbocycles. The molecule has 42 heavy (non-hydrogen) atoms. The van der Waals surface area contributed by atoms with E-state index in [0.717, 1.165) is 16.8 Å². The number of rotatable bonds is 9. The second kappa shape index (κ2) is 11.6. The van der Waals surface area contributed by atoms with Crippen LogP contribution in [0.25, 0.3) is 6.08 Å². The van der Waals surface area contributed by atoms with E-state index >= 15 is 0 Å². The first-order valence-electron chi connectivity index (χ1n) is 13.9. The molecule has 0 aliphatic carbocycles. The van der Waals surface area contributed by atoms with Crippen molar-refractivity contribution in [3.63, 3.8) is 0 Å². The summed E-state index contributed by atoms with van der Waals surface area (Å²) < 4.78 is 17.3. The van der Waals surface area contributed by atoms with Crippen molar-refractivity contribution in [3.8, 4) is 5.75 Å². The fourth-order valence-electron chi connectivity index (χ4n) is 5.49. The predicted octanol–water partition coefficient (Wildman–Crippen LogP) is 5.66. The summed E-state index contributed by atoms with van der Waals surface area (Å²) in [4.78, 5) is 39.0. The monoisotopic (exact) mass is 566 g/mol. The zero-order valence-electron chi connectivity index (χ0n) is 24.0. The quantitative estimate of drug-likeness (QED) is 0.155. The highest BCUT2D eigenvalue weighted by molar-refractivity contribution is 6.09. The molecule has 216 valence electrons. The third-order valence-corrected chi connectivity index (χ3v) is 7.73. The molecule has 3 aromatic carbocycles. The van der Waals surface area contributed by atoms with Crippen molar-refractivity contribution >= 4 is 29.6 Å². The summed E-state index contributed by atoms with van der Waals surface area (Å²) in [5.41, 5.74) is 3.06. The minimum absolute atomic E-state index is 0.0221. The van der Waals surface area contributed by atoms with Gasteiger partial charge < -0.3 is 24.4 Å². The Morgan fingerprint density at radius 2 is 1.67 bits per heavy atom. The van der Waals surface area contributed by atoms with Crippen LogP contribution in [0, 0.1) is 0 Å². The number of esters is 1. The number of alkyl carbamates (subject to hydrolysis) is 1. The predicted molar refractivity (Wildman–Crippen MR) is 161 cm³/mol. The lowest BCUT2D eigenvalue weighted by Gasteiger charge is -2.47. The largest absolute Gasteiger partial charge is 0.463 e. The highest BCUT2D eigenvalue weighted by Crippen LogP contribution is 2.54. The summed E-state index contributed by atoms with van der Waals surface area (Å²) in [6.07, 6.45) is 3.42. The highest BCUT2D eigenvalue weighted by atomic mass is 16.6. The second-order valence-corrected chi connectivity index (χ2v) is 10.9. The fourth-order valence-corrected chi connectivity index (χ4v) is 5.49. The lowest BCUT2D eigenvalue weighted by molar-refractivity contribution is -0.138. The molecule has 8 nitrogen and oxygen atoms in total. The number of carbonyl (C=O) groups excluding carboxylic acids is 3. The number of benzene rings is 3. The molecule has 3 aromatic rings. The zero-order valence-corrected chi connectivity index (χ0v) is 24.0. The van der Waals surface area contributed by atoms with Crippen LogP contribution >= 0.6 is 0 Å². The van der Waals surface area contributed by atoms with Crippen LogP contribution in [0.5, 0.6) is 5.75 Å². The van der Waals surface area contributed by atoms with Gasteiger partial charge in [0.25, 0.3) is 0 Å². The van der Waals surface area contributed by atoms with Crippen molar-refractivity contribution < 1.29 is 28.6 Å². The van der Waals surface area contributed by atoms with Crippen LogP contribution in [0.2, 0.25) is 0 Å².